The first-order valence-corrected chi connectivity index (χ1v) is 11.2. The van der Waals surface area contributed by atoms with E-state index in [0.29, 0.717) is 0 Å². The molecule has 32 heavy (non-hydrogen) atoms. The SMILES string of the molecule is O=C(/C=C(\O)OCc1ccsc1)OCc1ccsc1.[Ir].[c-]1ccccc1-c1ccccn1. The Morgan fingerprint density at radius 1 is 0.969 bits per heavy atom. The monoisotopic (exact) mass is 643 g/mol. The number of ether oxygens (including phenoxy) is 2. The Bertz CT molecular complexity index is 1020. The van der Waals surface area contributed by atoms with Crippen LogP contribution >= 0.6 is 22.7 Å². The summed E-state index contributed by atoms with van der Waals surface area (Å²) < 4.78 is 9.97. The summed E-state index contributed by atoms with van der Waals surface area (Å²) in [5, 5.41) is 17.0. The molecule has 3 aromatic heterocycles. The Morgan fingerprint density at radius 2 is 1.66 bits per heavy atom. The second-order valence-corrected chi connectivity index (χ2v) is 7.69. The van der Waals surface area contributed by atoms with Crippen molar-refractivity contribution in [3.8, 4) is 11.3 Å². The third-order valence-electron chi connectivity index (χ3n) is 3.82. The van der Waals surface area contributed by atoms with Crippen molar-refractivity contribution in [3.05, 3.63) is 112 Å². The van der Waals surface area contributed by atoms with Crippen LogP contribution in [-0.4, -0.2) is 16.1 Å². The van der Waals surface area contributed by atoms with E-state index < -0.39 is 11.9 Å². The number of hydrogen-bond donors (Lipinski definition) is 1. The van der Waals surface area contributed by atoms with Crippen LogP contribution in [0.15, 0.2) is 94.3 Å². The van der Waals surface area contributed by atoms with Crippen LogP contribution in [0.2, 0.25) is 0 Å². The maximum absolute atomic E-state index is 11.4. The molecule has 0 unspecified atom stereocenters. The van der Waals surface area contributed by atoms with Crippen LogP contribution in [-0.2, 0) is 47.6 Å². The fourth-order valence-corrected chi connectivity index (χ4v) is 3.63. The van der Waals surface area contributed by atoms with E-state index in [1.54, 1.807) is 17.5 Å². The third-order valence-corrected chi connectivity index (χ3v) is 5.28. The normalized spacial score (nSPS) is 10.3. The molecule has 0 saturated heterocycles. The van der Waals surface area contributed by atoms with Crippen LogP contribution in [0, 0.1) is 6.07 Å². The standard InChI is InChI=1S/C13H12O4S2.C11H8N.Ir/c14-12(16-6-10-1-3-18-8-10)5-13(15)17-7-11-2-4-19-9-11;1-2-6-10(7-3-1)11-8-4-5-9-12-11;/h1-5,8-9,14H,6-7H2;1-6,8-9H;/q;-1;/b12-5+;;. The van der Waals surface area contributed by atoms with Crippen molar-refractivity contribution in [2.24, 2.45) is 0 Å². The van der Waals surface area contributed by atoms with Gasteiger partial charge in [-0.15, -0.1) is 35.9 Å². The molecule has 1 radical (unpaired) electrons. The van der Waals surface area contributed by atoms with E-state index in [0.717, 1.165) is 28.5 Å². The molecular weight excluding hydrogens is 623 g/mol. The fourth-order valence-electron chi connectivity index (χ4n) is 2.32. The predicted octanol–water partition coefficient (Wildman–Crippen LogP) is 6.02. The number of hydrogen-bond acceptors (Lipinski definition) is 7. The van der Waals surface area contributed by atoms with Gasteiger partial charge in [-0.25, -0.2) is 4.79 Å². The van der Waals surface area contributed by atoms with Gasteiger partial charge in [-0.05, 0) is 45.4 Å². The number of aliphatic hydroxyl groups is 1. The summed E-state index contributed by atoms with van der Waals surface area (Å²) in [7, 11) is 0. The van der Waals surface area contributed by atoms with Crippen LogP contribution < -0.4 is 0 Å². The molecule has 4 rings (SSSR count). The van der Waals surface area contributed by atoms with Gasteiger partial charge in [0.15, 0.2) is 0 Å². The summed E-state index contributed by atoms with van der Waals surface area (Å²) in [5.74, 6) is -1.07. The second kappa shape index (κ2) is 14.3. The molecule has 0 aliphatic heterocycles. The van der Waals surface area contributed by atoms with Crippen LogP contribution in [0.1, 0.15) is 11.1 Å². The largest absolute Gasteiger partial charge is 0.481 e. The number of aliphatic hydroxyl groups excluding tert-OH is 1. The van der Waals surface area contributed by atoms with Crippen LogP contribution in [0.25, 0.3) is 11.3 Å². The smallest absolute Gasteiger partial charge is 0.338 e. The van der Waals surface area contributed by atoms with E-state index >= 15 is 0 Å². The van der Waals surface area contributed by atoms with Crippen molar-refractivity contribution < 1.29 is 39.5 Å². The van der Waals surface area contributed by atoms with E-state index in [1.807, 2.05) is 76.1 Å². The van der Waals surface area contributed by atoms with Crippen molar-refractivity contribution in [1.82, 2.24) is 4.98 Å². The summed E-state index contributed by atoms with van der Waals surface area (Å²) in [6, 6.07) is 20.6. The Kier molecular flexibility index (Phi) is 11.4. The van der Waals surface area contributed by atoms with Crippen molar-refractivity contribution in [3.63, 3.8) is 0 Å². The number of carbonyl (C=O) groups excluding carboxylic acids is 1. The first-order valence-electron chi connectivity index (χ1n) is 9.31. The van der Waals surface area contributed by atoms with Crippen LogP contribution in [0.5, 0.6) is 0 Å². The first-order chi connectivity index (χ1) is 15.2. The van der Waals surface area contributed by atoms with Crippen molar-refractivity contribution >= 4 is 28.6 Å². The molecule has 1 aromatic carbocycles. The van der Waals surface area contributed by atoms with Crippen molar-refractivity contribution in [1.29, 1.82) is 0 Å². The zero-order valence-electron chi connectivity index (χ0n) is 16.8. The second-order valence-electron chi connectivity index (χ2n) is 6.13. The summed E-state index contributed by atoms with van der Waals surface area (Å²) in [6.07, 6.45) is 2.72. The number of carbonyl (C=O) groups is 1. The number of nitrogens with zero attached hydrogens (tertiary/aromatic N) is 1. The van der Waals surface area contributed by atoms with E-state index in [-0.39, 0.29) is 33.3 Å². The van der Waals surface area contributed by atoms with Crippen molar-refractivity contribution in [2.75, 3.05) is 0 Å². The van der Waals surface area contributed by atoms with E-state index in [9.17, 15) is 9.90 Å². The first kappa shape index (κ1) is 25.5. The summed E-state index contributed by atoms with van der Waals surface area (Å²) in [4.78, 5) is 15.6. The molecular formula is C24H20IrNO4S2-. The summed E-state index contributed by atoms with van der Waals surface area (Å²) >= 11 is 3.07. The molecule has 0 amide bonds. The Labute approximate surface area is 208 Å². The molecule has 0 aliphatic rings. The average molecular weight is 643 g/mol. The van der Waals surface area contributed by atoms with Gasteiger partial charge in [0.2, 0.25) is 0 Å². The number of esters is 1. The van der Waals surface area contributed by atoms with E-state index in [1.165, 1.54) is 11.3 Å². The number of pyridine rings is 1. The number of thiophene rings is 2. The minimum absolute atomic E-state index is 0. The van der Waals surface area contributed by atoms with Crippen molar-refractivity contribution in [2.45, 2.75) is 13.2 Å². The average Bonchev–Trinajstić information content (AvgIpc) is 3.52. The maximum atomic E-state index is 11.4. The molecule has 0 fully saturated rings. The zero-order chi connectivity index (χ0) is 21.7. The summed E-state index contributed by atoms with van der Waals surface area (Å²) in [5.41, 5.74) is 3.87. The topological polar surface area (TPSA) is 68.7 Å². The van der Waals surface area contributed by atoms with Gasteiger partial charge in [0.1, 0.15) is 19.3 Å². The van der Waals surface area contributed by atoms with Gasteiger partial charge in [0, 0.05) is 37.4 Å². The predicted molar refractivity (Wildman–Crippen MR) is 122 cm³/mol. The number of rotatable bonds is 7. The van der Waals surface area contributed by atoms with Gasteiger partial charge in [-0.2, -0.15) is 22.7 Å². The third kappa shape index (κ3) is 9.16. The van der Waals surface area contributed by atoms with Gasteiger partial charge < -0.3 is 19.6 Å². The maximum Gasteiger partial charge on any atom is 0.338 e. The Morgan fingerprint density at radius 3 is 2.22 bits per heavy atom. The fraction of sp³-hybridized carbons (Fsp3) is 0.0833. The van der Waals surface area contributed by atoms with Gasteiger partial charge >= 0.3 is 5.97 Å². The molecule has 0 bridgehead atoms. The van der Waals surface area contributed by atoms with E-state index in [2.05, 4.69) is 11.1 Å². The summed E-state index contributed by atoms with van der Waals surface area (Å²) in [6.45, 7) is 0.417. The van der Waals surface area contributed by atoms with Gasteiger partial charge in [0.05, 0.1) is 0 Å². The number of aromatic nitrogens is 1. The molecule has 167 valence electrons. The van der Waals surface area contributed by atoms with Gasteiger partial charge in [0.25, 0.3) is 5.95 Å². The van der Waals surface area contributed by atoms with Gasteiger partial charge in [-0.3, -0.25) is 0 Å². The number of benzene rings is 1. The molecule has 4 aromatic rings. The van der Waals surface area contributed by atoms with Crippen LogP contribution in [0.4, 0.5) is 0 Å². The molecule has 3 heterocycles. The molecule has 0 saturated carbocycles. The molecule has 8 heteroatoms. The molecule has 0 atom stereocenters. The minimum atomic E-state index is -0.631. The van der Waals surface area contributed by atoms with E-state index in [4.69, 9.17) is 9.47 Å². The Balaban J connectivity index is 0.000000241. The molecule has 0 spiro atoms. The van der Waals surface area contributed by atoms with Crippen LogP contribution in [0.3, 0.4) is 0 Å². The minimum Gasteiger partial charge on any atom is -0.481 e. The Hall–Kier alpha value is -2.77. The van der Waals surface area contributed by atoms with Gasteiger partial charge in [-0.1, -0.05) is 12.1 Å². The quantitative estimate of drug-likeness (QED) is 0.116. The molecule has 1 N–H and O–H groups in total. The molecule has 0 aliphatic carbocycles. The zero-order valence-corrected chi connectivity index (χ0v) is 20.9. The molecule has 5 nitrogen and oxygen atoms in total.